The van der Waals surface area contributed by atoms with E-state index in [1.165, 1.54) is 13.2 Å². The summed E-state index contributed by atoms with van der Waals surface area (Å²) in [6, 6.07) is 13.9. The van der Waals surface area contributed by atoms with Gasteiger partial charge in [0.25, 0.3) is 0 Å². The Hall–Kier alpha value is -2.80. The van der Waals surface area contributed by atoms with Crippen molar-refractivity contribution >= 4 is 21.8 Å². The van der Waals surface area contributed by atoms with E-state index in [0.29, 0.717) is 24.5 Å². The molecule has 0 unspecified atom stereocenters. The van der Waals surface area contributed by atoms with Crippen LogP contribution in [0.1, 0.15) is 56.9 Å². The van der Waals surface area contributed by atoms with Gasteiger partial charge in [-0.05, 0) is 125 Å². The van der Waals surface area contributed by atoms with E-state index >= 15 is 4.39 Å². The van der Waals surface area contributed by atoms with Crippen LogP contribution in [0, 0.1) is 17.7 Å². The molecule has 12 heteroatoms. The van der Waals surface area contributed by atoms with E-state index in [-0.39, 0.29) is 42.2 Å². The molecule has 2 aromatic carbocycles. The zero-order chi connectivity index (χ0) is 34.2. The van der Waals surface area contributed by atoms with Crippen LogP contribution < -0.4 is 10.2 Å². The van der Waals surface area contributed by atoms with Gasteiger partial charge in [-0.3, -0.25) is 4.90 Å². The summed E-state index contributed by atoms with van der Waals surface area (Å²) in [7, 11) is -2.08. The number of anilines is 1. The molecule has 4 aliphatic heterocycles. The van der Waals surface area contributed by atoms with E-state index in [9.17, 15) is 17.6 Å². The molecule has 0 bridgehead atoms. The number of nitrogens with one attached hydrogen (secondary N) is 1. The van der Waals surface area contributed by atoms with Crippen LogP contribution >= 0.6 is 0 Å². The molecule has 4 heterocycles. The smallest absolute Gasteiger partial charge is 0.407 e. The highest BCUT2D eigenvalue weighted by molar-refractivity contribution is 7.89. The zero-order valence-electron chi connectivity index (χ0n) is 28.7. The van der Waals surface area contributed by atoms with Crippen molar-refractivity contribution in [3.63, 3.8) is 0 Å². The number of nitrogens with zero attached hydrogens (tertiary/aromatic N) is 4. The van der Waals surface area contributed by atoms with Gasteiger partial charge in [-0.15, -0.1) is 0 Å². The molecule has 1 aliphatic carbocycles. The summed E-state index contributed by atoms with van der Waals surface area (Å²) >= 11 is 0. The summed E-state index contributed by atoms with van der Waals surface area (Å²) in [5, 5.41) is 3.14. The first-order chi connectivity index (χ1) is 23.6. The Labute approximate surface area is 290 Å². The number of benzene rings is 2. The first-order valence-corrected chi connectivity index (χ1v) is 19.6. The molecule has 1 amide bonds. The second kappa shape index (κ2) is 14.1. The number of piperidine rings is 1. The quantitative estimate of drug-likeness (QED) is 0.353. The molecule has 1 N–H and O–H groups in total. The SMILES string of the molecule is COC(=O)N[C@H]1CCC[C@@H]1[C@](CN1CCC1)(c1cccc(F)c1)C1CCN(CC2(F)CN(c3ccc(S(=O)(=O)N4CCCC4)cc3)C2)CC1. The summed E-state index contributed by atoms with van der Waals surface area (Å²) in [5.74, 6) is 0.144. The Morgan fingerprint density at radius 3 is 2.27 bits per heavy atom. The fraction of sp³-hybridized carbons (Fsp3) is 0.649. The molecule has 9 nitrogen and oxygen atoms in total. The average molecular weight is 700 g/mol. The number of sulfonamides is 1. The normalized spacial score (nSPS) is 26.6. The lowest BCUT2D eigenvalue weighted by atomic mass is 9.57. The first-order valence-electron chi connectivity index (χ1n) is 18.2. The third-order valence-corrected chi connectivity index (χ3v) is 14.1. The lowest BCUT2D eigenvalue weighted by molar-refractivity contribution is 0.00584. The Balaban J connectivity index is 1.03. The number of alkyl carbamates (subject to hydrolysis) is 1. The number of likely N-dealkylation sites (tertiary alicyclic amines) is 2. The molecule has 0 aromatic heterocycles. The number of hydrogen-bond donors (Lipinski definition) is 1. The molecule has 0 spiro atoms. The fourth-order valence-corrected chi connectivity index (χ4v) is 11.1. The second-order valence-corrected chi connectivity index (χ2v) is 17.1. The Kier molecular flexibility index (Phi) is 9.95. The minimum absolute atomic E-state index is 0.0560. The number of alkyl halides is 1. The number of carbonyl (C=O) groups excluding carboxylic acids is 1. The van der Waals surface area contributed by atoms with Crippen molar-refractivity contribution in [3.05, 3.63) is 59.9 Å². The van der Waals surface area contributed by atoms with Gasteiger partial charge in [0.2, 0.25) is 10.0 Å². The van der Waals surface area contributed by atoms with Gasteiger partial charge in [-0.1, -0.05) is 18.6 Å². The standard InChI is InChI=1S/C37H51F2N5O4S/c1-48-35(45)40-34-10-5-9-33(34)37(27-41-17-6-18-41,29-7-4-8-30(38)23-29)28-15-21-42(22-16-28)24-36(39)25-43(26-36)31-11-13-32(14-12-31)49(46,47)44-19-2-3-20-44/h4,7-8,11-14,23,28,33-34H,2-3,5-6,9-10,15-22,24-27H2,1H3,(H,40,45)/t33-,34-,37-/m0/s1. The summed E-state index contributed by atoms with van der Waals surface area (Å²) in [6.45, 7) is 6.43. The van der Waals surface area contributed by atoms with Crippen LogP contribution in [0.25, 0.3) is 0 Å². The van der Waals surface area contributed by atoms with Crippen LogP contribution in [0.3, 0.4) is 0 Å². The van der Waals surface area contributed by atoms with Crippen LogP contribution in [0.4, 0.5) is 19.3 Å². The molecule has 3 atom stereocenters. The van der Waals surface area contributed by atoms with Crippen LogP contribution in [-0.4, -0.2) is 113 Å². The molecule has 0 radical (unpaired) electrons. The monoisotopic (exact) mass is 699 g/mol. The van der Waals surface area contributed by atoms with Gasteiger partial charge >= 0.3 is 6.09 Å². The second-order valence-electron chi connectivity index (χ2n) is 15.1. The number of ether oxygens (including phenoxy) is 1. The zero-order valence-corrected chi connectivity index (χ0v) is 29.5. The Morgan fingerprint density at radius 2 is 1.63 bits per heavy atom. The van der Waals surface area contributed by atoms with Crippen molar-refractivity contribution in [1.82, 2.24) is 19.4 Å². The van der Waals surface area contributed by atoms with Crippen molar-refractivity contribution in [2.75, 3.05) is 77.5 Å². The van der Waals surface area contributed by atoms with Crippen LogP contribution in [0.2, 0.25) is 0 Å². The molecule has 5 aliphatic rings. The topological polar surface area (TPSA) is 85.4 Å². The summed E-state index contributed by atoms with van der Waals surface area (Å²) in [4.78, 5) is 19.5. The van der Waals surface area contributed by atoms with Crippen molar-refractivity contribution in [3.8, 4) is 0 Å². The predicted molar refractivity (Wildman–Crippen MR) is 185 cm³/mol. The van der Waals surface area contributed by atoms with Gasteiger partial charge in [-0.2, -0.15) is 4.31 Å². The van der Waals surface area contributed by atoms with Crippen LogP contribution in [0.15, 0.2) is 53.4 Å². The molecule has 2 aromatic rings. The maximum atomic E-state index is 16.1. The molecule has 49 heavy (non-hydrogen) atoms. The largest absolute Gasteiger partial charge is 0.453 e. The molecule has 1 saturated carbocycles. The highest BCUT2D eigenvalue weighted by Gasteiger charge is 2.54. The molecule has 7 rings (SSSR count). The van der Waals surface area contributed by atoms with E-state index in [4.69, 9.17) is 4.74 Å². The molecule has 268 valence electrons. The number of methoxy groups -OCH3 is 1. The maximum absolute atomic E-state index is 16.1. The molecular formula is C37H51F2N5O4S. The minimum atomic E-state index is -3.48. The third kappa shape index (κ3) is 6.95. The Bertz CT molecular complexity index is 1570. The summed E-state index contributed by atoms with van der Waals surface area (Å²) < 4.78 is 63.5. The lowest BCUT2D eigenvalue weighted by Crippen LogP contribution is -2.65. The highest BCUT2D eigenvalue weighted by Crippen LogP contribution is 2.51. The summed E-state index contributed by atoms with van der Waals surface area (Å²) in [6.07, 6.45) is 7.08. The van der Waals surface area contributed by atoms with Gasteiger partial charge in [0.1, 0.15) is 5.82 Å². The van der Waals surface area contributed by atoms with E-state index in [2.05, 4.69) is 21.2 Å². The number of amides is 1. The first kappa shape index (κ1) is 34.6. The van der Waals surface area contributed by atoms with E-state index in [1.807, 2.05) is 11.0 Å². The number of hydrogen-bond acceptors (Lipinski definition) is 7. The number of rotatable bonds is 11. The third-order valence-electron chi connectivity index (χ3n) is 12.1. The van der Waals surface area contributed by atoms with E-state index < -0.39 is 21.8 Å². The number of carbonyl (C=O) groups is 1. The molecular weight excluding hydrogens is 649 g/mol. The van der Waals surface area contributed by atoms with Gasteiger partial charge in [0.05, 0.1) is 25.1 Å². The molecule has 4 saturated heterocycles. The van der Waals surface area contributed by atoms with E-state index in [1.54, 1.807) is 34.6 Å². The maximum Gasteiger partial charge on any atom is 0.407 e. The van der Waals surface area contributed by atoms with Crippen molar-refractivity contribution < 1.29 is 26.7 Å². The lowest BCUT2D eigenvalue weighted by Gasteiger charge is -2.54. The van der Waals surface area contributed by atoms with Crippen molar-refractivity contribution in [2.24, 2.45) is 11.8 Å². The van der Waals surface area contributed by atoms with Gasteiger partial charge in [0, 0.05) is 43.3 Å². The van der Waals surface area contributed by atoms with Gasteiger partial charge < -0.3 is 19.9 Å². The van der Waals surface area contributed by atoms with Gasteiger partial charge in [0.15, 0.2) is 5.67 Å². The predicted octanol–water partition coefficient (Wildman–Crippen LogP) is 5.02. The van der Waals surface area contributed by atoms with E-state index in [0.717, 1.165) is 95.3 Å². The number of halogens is 2. The van der Waals surface area contributed by atoms with Crippen molar-refractivity contribution in [2.45, 2.75) is 73.4 Å². The minimum Gasteiger partial charge on any atom is -0.453 e. The Morgan fingerprint density at radius 1 is 0.918 bits per heavy atom. The summed E-state index contributed by atoms with van der Waals surface area (Å²) in [5.41, 5.74) is 0.152. The van der Waals surface area contributed by atoms with Crippen LogP contribution in [-0.2, 0) is 20.2 Å². The van der Waals surface area contributed by atoms with Gasteiger partial charge in [-0.25, -0.2) is 22.0 Å². The van der Waals surface area contributed by atoms with Crippen LogP contribution in [0.5, 0.6) is 0 Å². The molecule has 5 fully saturated rings. The highest BCUT2D eigenvalue weighted by atomic mass is 32.2. The van der Waals surface area contributed by atoms with Crippen molar-refractivity contribution in [1.29, 1.82) is 0 Å². The average Bonchev–Trinajstić information content (AvgIpc) is 3.78. The fourth-order valence-electron chi connectivity index (χ4n) is 9.57.